The van der Waals surface area contributed by atoms with Crippen molar-refractivity contribution in [2.45, 2.75) is 31.6 Å². The van der Waals surface area contributed by atoms with Gasteiger partial charge in [0.25, 0.3) is 0 Å². The van der Waals surface area contributed by atoms with E-state index in [4.69, 9.17) is 37.4 Å². The van der Waals surface area contributed by atoms with Crippen LogP contribution in [0.4, 0.5) is 5.69 Å². The molecule has 6 heteroatoms. The molecule has 3 aliphatic heterocycles. The summed E-state index contributed by atoms with van der Waals surface area (Å²) in [7, 11) is 0. The Hall–Kier alpha value is -2.82. The van der Waals surface area contributed by atoms with Gasteiger partial charge >= 0.3 is 0 Å². The first-order chi connectivity index (χ1) is 16.5. The topological polar surface area (TPSA) is 30.9 Å². The van der Waals surface area contributed by atoms with E-state index in [0.717, 1.165) is 59.0 Å². The van der Waals surface area contributed by atoms with Gasteiger partial charge in [0.15, 0.2) is 11.5 Å². The number of unbranched alkanes of at least 4 members (excludes halogenated alkanes) is 2. The quantitative estimate of drug-likeness (QED) is 0.342. The van der Waals surface area contributed by atoms with Crippen molar-refractivity contribution in [3.05, 3.63) is 82.0 Å². The Morgan fingerprint density at radius 3 is 2.47 bits per heavy atom. The molecule has 0 N–H and O–H groups in total. The van der Waals surface area contributed by atoms with Crippen molar-refractivity contribution >= 4 is 28.9 Å². The summed E-state index contributed by atoms with van der Waals surface area (Å²) in [4.78, 5) is 2.36. The monoisotopic (exact) mass is 493 g/mol. The molecular weight excluding hydrogens is 469 g/mol. The molecule has 0 radical (unpaired) electrons. The number of halogens is 2. The van der Waals surface area contributed by atoms with Crippen LogP contribution in [0.2, 0.25) is 10.0 Å². The first-order valence-electron chi connectivity index (χ1n) is 11.7. The standard InChI is InChI=1S/C28H25Cl2NO3/c1-3-4-5-9-31-17(2)28(15-32-24-14-26-25(13-22(24)28)33-16-34-26)27-21(7-6-8-23(27)31)18-10-19(29)12-20(30)11-18/h6-8,10-14H,2-5,9,15-16H2,1H3. The van der Waals surface area contributed by atoms with Crippen molar-refractivity contribution in [2.24, 2.45) is 0 Å². The van der Waals surface area contributed by atoms with Crippen LogP contribution in [0.3, 0.4) is 0 Å². The third kappa shape index (κ3) is 3.12. The maximum atomic E-state index is 6.42. The van der Waals surface area contributed by atoms with Gasteiger partial charge in [-0.1, -0.05) is 61.7 Å². The highest BCUT2D eigenvalue weighted by atomic mass is 35.5. The summed E-state index contributed by atoms with van der Waals surface area (Å²) in [6.45, 7) is 8.46. The number of hydrogen-bond acceptors (Lipinski definition) is 4. The average molecular weight is 494 g/mol. The Kier molecular flexibility index (Phi) is 5.20. The largest absolute Gasteiger partial charge is 0.491 e. The highest BCUT2D eigenvalue weighted by Gasteiger charge is 2.54. The second-order valence-corrected chi connectivity index (χ2v) is 9.93. The summed E-state index contributed by atoms with van der Waals surface area (Å²) < 4.78 is 17.7. The minimum atomic E-state index is -0.538. The van der Waals surface area contributed by atoms with Crippen molar-refractivity contribution < 1.29 is 14.2 Å². The molecular formula is C28H25Cl2NO3. The van der Waals surface area contributed by atoms with E-state index in [2.05, 4.69) is 42.7 Å². The third-order valence-electron chi connectivity index (χ3n) is 7.12. The molecule has 0 aliphatic carbocycles. The van der Waals surface area contributed by atoms with Gasteiger partial charge in [0, 0.05) is 45.2 Å². The van der Waals surface area contributed by atoms with Crippen molar-refractivity contribution in [1.29, 1.82) is 0 Å². The summed E-state index contributed by atoms with van der Waals surface area (Å²) in [5.41, 5.74) is 5.93. The van der Waals surface area contributed by atoms with Crippen molar-refractivity contribution in [3.63, 3.8) is 0 Å². The fourth-order valence-corrected chi connectivity index (χ4v) is 6.07. The summed E-state index contributed by atoms with van der Waals surface area (Å²) in [5, 5.41) is 1.22. The van der Waals surface area contributed by atoms with Gasteiger partial charge in [-0.2, -0.15) is 0 Å². The Morgan fingerprint density at radius 1 is 0.941 bits per heavy atom. The summed E-state index contributed by atoms with van der Waals surface area (Å²) in [5.74, 6) is 2.27. The molecule has 0 saturated heterocycles. The number of ether oxygens (including phenoxy) is 3. The van der Waals surface area contributed by atoms with E-state index >= 15 is 0 Å². The minimum absolute atomic E-state index is 0.220. The number of fused-ring (bicyclic) bond motifs is 5. The second-order valence-electron chi connectivity index (χ2n) is 9.06. The van der Waals surface area contributed by atoms with Gasteiger partial charge in [-0.25, -0.2) is 0 Å². The zero-order valence-corrected chi connectivity index (χ0v) is 20.5. The fraction of sp³-hybridized carbons (Fsp3) is 0.286. The number of anilines is 1. The molecule has 1 spiro atoms. The van der Waals surface area contributed by atoms with E-state index in [9.17, 15) is 0 Å². The first kappa shape index (κ1) is 21.7. The predicted octanol–water partition coefficient (Wildman–Crippen LogP) is 7.59. The normalized spacial score (nSPS) is 19.5. The SMILES string of the molecule is C=C1N(CCCCC)c2cccc(-c3cc(Cl)cc(Cl)c3)c2C12COc1cc3c(cc12)OCO3. The smallest absolute Gasteiger partial charge is 0.231 e. The highest BCUT2D eigenvalue weighted by molar-refractivity contribution is 6.35. The molecule has 1 atom stereocenters. The number of benzene rings is 3. The van der Waals surface area contributed by atoms with E-state index in [1.807, 2.05) is 18.2 Å². The lowest BCUT2D eigenvalue weighted by Gasteiger charge is -2.29. The van der Waals surface area contributed by atoms with Crippen LogP contribution in [-0.4, -0.2) is 19.9 Å². The van der Waals surface area contributed by atoms with Crippen LogP contribution in [0.5, 0.6) is 17.2 Å². The highest BCUT2D eigenvalue weighted by Crippen LogP contribution is 2.60. The van der Waals surface area contributed by atoms with Crippen molar-refractivity contribution in [3.8, 4) is 28.4 Å². The van der Waals surface area contributed by atoms with Gasteiger partial charge in [0.2, 0.25) is 6.79 Å². The molecule has 34 heavy (non-hydrogen) atoms. The van der Waals surface area contributed by atoms with Crippen LogP contribution in [0.25, 0.3) is 11.1 Å². The van der Waals surface area contributed by atoms with E-state index in [0.29, 0.717) is 22.4 Å². The van der Waals surface area contributed by atoms with E-state index in [1.165, 1.54) is 12.0 Å². The molecule has 4 nitrogen and oxygen atoms in total. The molecule has 0 fully saturated rings. The Labute approximate surface area is 209 Å². The van der Waals surface area contributed by atoms with Crippen LogP contribution < -0.4 is 19.1 Å². The lowest BCUT2D eigenvalue weighted by molar-refractivity contribution is 0.173. The number of rotatable bonds is 5. The second kappa shape index (κ2) is 8.14. The van der Waals surface area contributed by atoms with Crippen LogP contribution >= 0.6 is 23.2 Å². The van der Waals surface area contributed by atoms with Gasteiger partial charge in [0.1, 0.15) is 17.8 Å². The summed E-state index contributed by atoms with van der Waals surface area (Å²) >= 11 is 12.8. The Morgan fingerprint density at radius 2 is 1.71 bits per heavy atom. The maximum absolute atomic E-state index is 6.42. The van der Waals surface area contributed by atoms with Gasteiger partial charge in [0.05, 0.1) is 0 Å². The molecule has 0 saturated carbocycles. The number of hydrogen-bond donors (Lipinski definition) is 0. The molecule has 0 bridgehead atoms. The predicted molar refractivity (Wildman–Crippen MR) is 137 cm³/mol. The third-order valence-corrected chi connectivity index (χ3v) is 7.55. The van der Waals surface area contributed by atoms with E-state index in [1.54, 1.807) is 6.07 Å². The molecule has 3 aromatic rings. The lowest BCUT2D eigenvalue weighted by Crippen LogP contribution is -2.34. The Bertz CT molecular complexity index is 1300. The molecule has 0 aromatic heterocycles. The molecule has 3 aliphatic rings. The van der Waals surface area contributed by atoms with Crippen LogP contribution in [0.1, 0.15) is 37.3 Å². The molecule has 1 unspecified atom stereocenters. The summed E-state index contributed by atoms with van der Waals surface area (Å²) in [6, 6.07) is 16.1. The van der Waals surface area contributed by atoms with Crippen molar-refractivity contribution in [1.82, 2.24) is 0 Å². The molecule has 174 valence electrons. The molecule has 0 amide bonds. The average Bonchev–Trinajstić information content (AvgIpc) is 3.49. The van der Waals surface area contributed by atoms with Gasteiger partial charge in [-0.15, -0.1) is 0 Å². The first-order valence-corrected chi connectivity index (χ1v) is 12.4. The van der Waals surface area contributed by atoms with E-state index in [-0.39, 0.29) is 6.79 Å². The van der Waals surface area contributed by atoms with E-state index < -0.39 is 5.41 Å². The minimum Gasteiger partial charge on any atom is -0.491 e. The van der Waals surface area contributed by atoms with Crippen LogP contribution in [0.15, 0.2) is 60.8 Å². The van der Waals surface area contributed by atoms with Crippen LogP contribution in [-0.2, 0) is 5.41 Å². The van der Waals surface area contributed by atoms with Crippen molar-refractivity contribution in [2.75, 3.05) is 24.8 Å². The zero-order valence-electron chi connectivity index (χ0n) is 19.0. The summed E-state index contributed by atoms with van der Waals surface area (Å²) in [6.07, 6.45) is 3.42. The molecule has 6 rings (SSSR count). The lowest BCUT2D eigenvalue weighted by atomic mass is 9.73. The zero-order chi connectivity index (χ0) is 23.4. The van der Waals surface area contributed by atoms with Gasteiger partial charge in [-0.05, 0) is 47.9 Å². The van der Waals surface area contributed by atoms with Gasteiger partial charge < -0.3 is 19.1 Å². The fourth-order valence-electron chi connectivity index (χ4n) is 5.54. The molecule has 3 aromatic carbocycles. The number of nitrogens with zero attached hydrogens (tertiary/aromatic N) is 1. The maximum Gasteiger partial charge on any atom is 0.231 e. The Balaban J connectivity index is 1.60. The molecule has 3 heterocycles. The van der Waals surface area contributed by atoms with Gasteiger partial charge in [-0.3, -0.25) is 0 Å². The van der Waals surface area contributed by atoms with Crippen LogP contribution in [0, 0.1) is 0 Å².